The second-order valence-electron chi connectivity index (χ2n) is 3.98. The van der Waals surface area contributed by atoms with Crippen LogP contribution in [-0.2, 0) is 9.53 Å². The van der Waals surface area contributed by atoms with Crippen LogP contribution in [0.15, 0.2) is 0 Å². The number of hydrogen-bond donors (Lipinski definition) is 1. The van der Waals surface area contributed by atoms with Gasteiger partial charge in [0.2, 0.25) is 6.29 Å². The van der Waals surface area contributed by atoms with E-state index in [4.69, 9.17) is 4.74 Å². The highest BCUT2D eigenvalue weighted by atomic mass is 16.5. The normalized spacial score (nSPS) is 12.7. The molecular weight excluding hydrogens is 182 g/mol. The Balaban J connectivity index is 3.85. The van der Waals surface area contributed by atoms with Crippen LogP contribution in [-0.4, -0.2) is 25.0 Å². The van der Waals surface area contributed by atoms with Gasteiger partial charge in [0, 0.05) is 0 Å². The van der Waals surface area contributed by atoms with Crippen LogP contribution in [0, 0.1) is 11.8 Å². The second-order valence-corrected chi connectivity index (χ2v) is 3.98. The molecule has 81 valence electrons. The topological polar surface area (TPSA) is 55.4 Å². The van der Waals surface area contributed by atoms with Crippen molar-refractivity contribution in [2.75, 3.05) is 6.61 Å². The number of carbonyl (C=O) groups is 1. The highest BCUT2D eigenvalue weighted by molar-refractivity contribution is 5.73. The van der Waals surface area contributed by atoms with E-state index in [0.29, 0.717) is 12.5 Å². The van der Waals surface area contributed by atoms with Gasteiger partial charge in [-0.2, -0.15) is 0 Å². The van der Waals surface area contributed by atoms with Crippen LogP contribution >= 0.6 is 0 Å². The second kappa shape index (κ2) is 6.40. The molecule has 1 atom stereocenters. The molecule has 14 heavy (non-hydrogen) atoms. The van der Waals surface area contributed by atoms with Gasteiger partial charge in [0.05, 0.1) is 6.61 Å². The Kier molecular flexibility index (Phi) is 5.92. The summed E-state index contributed by atoms with van der Waals surface area (Å²) in [6.07, 6.45) is 1.20. The van der Waals surface area contributed by atoms with Crippen molar-refractivity contribution in [1.82, 2.24) is 5.32 Å². The van der Waals surface area contributed by atoms with Crippen molar-refractivity contribution in [2.24, 2.45) is 11.8 Å². The Morgan fingerprint density at radius 3 is 2.29 bits per heavy atom. The molecular formula is C10H18NO3. The molecule has 0 aliphatic carbocycles. The number of alkyl carbamates (subject to hydrolysis) is 1. The molecule has 0 aromatic carbocycles. The summed E-state index contributed by atoms with van der Waals surface area (Å²) in [6.45, 7) is 7.91. The average molecular weight is 200 g/mol. The van der Waals surface area contributed by atoms with Crippen molar-refractivity contribution < 1.29 is 14.3 Å². The summed E-state index contributed by atoms with van der Waals surface area (Å²) in [5.74, 6) is 0.317. The molecule has 0 bridgehead atoms. The van der Waals surface area contributed by atoms with E-state index in [1.54, 1.807) is 6.29 Å². The van der Waals surface area contributed by atoms with Crippen molar-refractivity contribution in [3.05, 3.63) is 0 Å². The van der Waals surface area contributed by atoms with Crippen LogP contribution in [0.4, 0.5) is 4.79 Å². The summed E-state index contributed by atoms with van der Waals surface area (Å²) in [7, 11) is 0. The van der Waals surface area contributed by atoms with Gasteiger partial charge in [0.1, 0.15) is 6.04 Å². The zero-order chi connectivity index (χ0) is 11.1. The fraction of sp³-hybridized carbons (Fsp3) is 0.800. The quantitative estimate of drug-likeness (QED) is 0.731. The number of rotatable bonds is 5. The maximum absolute atomic E-state index is 11.1. The van der Waals surface area contributed by atoms with Gasteiger partial charge in [-0.05, 0) is 11.8 Å². The number of amides is 1. The first-order valence-corrected chi connectivity index (χ1v) is 4.78. The maximum Gasteiger partial charge on any atom is 0.407 e. The maximum atomic E-state index is 11.1. The molecule has 0 unspecified atom stereocenters. The highest BCUT2D eigenvalue weighted by Gasteiger charge is 2.16. The van der Waals surface area contributed by atoms with Gasteiger partial charge >= 0.3 is 6.09 Å². The van der Waals surface area contributed by atoms with Crippen LogP contribution < -0.4 is 5.32 Å². The molecule has 1 radical (unpaired) electrons. The SMILES string of the molecule is CC(C)COC(=O)N[C@H]([C]=O)C(C)C. The lowest BCUT2D eigenvalue weighted by atomic mass is 10.1. The minimum Gasteiger partial charge on any atom is -0.449 e. The standard InChI is InChI=1S/C10H18NO3/c1-7(2)6-14-10(13)11-9(5-12)8(3)4/h7-9H,6H2,1-4H3,(H,11,13)/t9-/m1/s1. The number of carbonyl (C=O) groups excluding carboxylic acids is 2. The summed E-state index contributed by atoms with van der Waals surface area (Å²) in [4.78, 5) is 21.5. The van der Waals surface area contributed by atoms with Crippen LogP contribution in [0.5, 0.6) is 0 Å². The van der Waals surface area contributed by atoms with Crippen molar-refractivity contribution in [3.8, 4) is 0 Å². The highest BCUT2D eigenvalue weighted by Crippen LogP contribution is 1.99. The van der Waals surface area contributed by atoms with E-state index in [-0.39, 0.29) is 5.92 Å². The molecule has 0 fully saturated rings. The van der Waals surface area contributed by atoms with Crippen molar-refractivity contribution >= 4 is 12.4 Å². The zero-order valence-electron chi connectivity index (χ0n) is 9.16. The number of ether oxygens (including phenoxy) is 1. The summed E-state index contributed by atoms with van der Waals surface area (Å²) < 4.78 is 4.86. The molecule has 0 heterocycles. The molecule has 0 saturated heterocycles. The van der Waals surface area contributed by atoms with Crippen LogP contribution in [0.25, 0.3) is 0 Å². The third kappa shape index (κ3) is 5.56. The first-order chi connectivity index (χ1) is 6.47. The Bertz CT molecular complexity index is 190. The first kappa shape index (κ1) is 12.9. The van der Waals surface area contributed by atoms with E-state index in [2.05, 4.69) is 5.32 Å². The lowest BCUT2D eigenvalue weighted by Gasteiger charge is -2.15. The summed E-state index contributed by atoms with van der Waals surface area (Å²) in [6, 6.07) is -0.588. The van der Waals surface area contributed by atoms with E-state index in [1.807, 2.05) is 27.7 Å². The van der Waals surface area contributed by atoms with Crippen LogP contribution in [0.3, 0.4) is 0 Å². The number of nitrogens with one attached hydrogen (secondary N) is 1. The Hall–Kier alpha value is -1.06. The van der Waals surface area contributed by atoms with Gasteiger partial charge in [-0.1, -0.05) is 27.7 Å². The zero-order valence-corrected chi connectivity index (χ0v) is 9.16. The van der Waals surface area contributed by atoms with Crippen LogP contribution in [0.1, 0.15) is 27.7 Å². The third-order valence-electron chi connectivity index (χ3n) is 1.61. The number of hydrogen-bond acceptors (Lipinski definition) is 3. The summed E-state index contributed by atoms with van der Waals surface area (Å²) >= 11 is 0. The van der Waals surface area contributed by atoms with Crippen LogP contribution in [0.2, 0.25) is 0 Å². The minimum atomic E-state index is -0.588. The molecule has 0 aromatic rings. The van der Waals surface area contributed by atoms with Gasteiger partial charge in [-0.25, -0.2) is 4.79 Å². The molecule has 4 heteroatoms. The van der Waals surface area contributed by atoms with Gasteiger partial charge < -0.3 is 10.1 Å². The van der Waals surface area contributed by atoms with E-state index >= 15 is 0 Å². The van der Waals surface area contributed by atoms with Crippen molar-refractivity contribution in [2.45, 2.75) is 33.7 Å². The van der Waals surface area contributed by atoms with Gasteiger partial charge in [-0.15, -0.1) is 0 Å². The molecule has 1 N–H and O–H groups in total. The lowest BCUT2D eigenvalue weighted by molar-refractivity contribution is 0.129. The van der Waals surface area contributed by atoms with Gasteiger partial charge in [0.25, 0.3) is 0 Å². The predicted molar refractivity (Wildman–Crippen MR) is 53.6 cm³/mol. The Morgan fingerprint density at radius 1 is 1.36 bits per heavy atom. The van der Waals surface area contributed by atoms with Crippen molar-refractivity contribution in [1.29, 1.82) is 0 Å². The van der Waals surface area contributed by atoms with E-state index in [0.717, 1.165) is 0 Å². The smallest absolute Gasteiger partial charge is 0.407 e. The molecule has 0 spiro atoms. The monoisotopic (exact) mass is 200 g/mol. The fourth-order valence-corrected chi connectivity index (χ4v) is 0.743. The Morgan fingerprint density at radius 2 is 1.93 bits per heavy atom. The largest absolute Gasteiger partial charge is 0.449 e. The van der Waals surface area contributed by atoms with E-state index < -0.39 is 12.1 Å². The van der Waals surface area contributed by atoms with Gasteiger partial charge in [0.15, 0.2) is 0 Å². The molecule has 0 rings (SSSR count). The fourth-order valence-electron chi connectivity index (χ4n) is 0.743. The average Bonchev–Trinajstić information content (AvgIpc) is 2.10. The van der Waals surface area contributed by atoms with Gasteiger partial charge in [-0.3, -0.25) is 4.79 Å². The van der Waals surface area contributed by atoms with E-state index in [9.17, 15) is 9.59 Å². The molecule has 0 aliphatic rings. The first-order valence-electron chi connectivity index (χ1n) is 4.78. The summed E-state index contributed by atoms with van der Waals surface area (Å²) in [5.41, 5.74) is 0. The molecule has 4 nitrogen and oxygen atoms in total. The molecule has 0 aromatic heterocycles. The minimum absolute atomic E-state index is 0.0269. The molecule has 0 aliphatic heterocycles. The lowest BCUT2D eigenvalue weighted by Crippen LogP contribution is -2.40. The molecule has 0 saturated carbocycles. The Labute approximate surface area is 85.0 Å². The summed E-state index contributed by atoms with van der Waals surface area (Å²) in [5, 5.41) is 2.44. The third-order valence-corrected chi connectivity index (χ3v) is 1.61. The van der Waals surface area contributed by atoms with Crippen molar-refractivity contribution in [3.63, 3.8) is 0 Å². The molecule has 1 amide bonds. The van der Waals surface area contributed by atoms with E-state index in [1.165, 1.54) is 0 Å². The predicted octanol–water partition coefficient (Wildman–Crippen LogP) is 1.50.